The van der Waals surface area contributed by atoms with Crippen molar-refractivity contribution in [2.75, 3.05) is 20.1 Å². The molecule has 0 aromatic carbocycles. The number of β-amino-alcohol motifs (C(OH)–C–C–N with tert-alkyl or cyclic N) is 1. The van der Waals surface area contributed by atoms with Gasteiger partial charge in [0.25, 0.3) is 0 Å². The van der Waals surface area contributed by atoms with Crippen molar-refractivity contribution in [3.05, 3.63) is 0 Å². The summed E-state index contributed by atoms with van der Waals surface area (Å²) in [6.45, 7) is 6.20. The Labute approximate surface area is 62.8 Å². The zero-order valence-electron chi connectivity index (χ0n) is 7.09. The Balaban J connectivity index is 2.52. The first-order chi connectivity index (χ1) is 4.52. The van der Waals surface area contributed by atoms with Crippen molar-refractivity contribution >= 4 is 0 Å². The first-order valence-corrected chi connectivity index (χ1v) is 3.89. The highest BCUT2D eigenvalue weighted by atomic mass is 16.3. The fourth-order valence-corrected chi connectivity index (χ4v) is 1.28. The molecule has 1 rings (SSSR count). The number of likely N-dealkylation sites (tertiary alicyclic amines) is 1. The van der Waals surface area contributed by atoms with E-state index in [9.17, 15) is 5.11 Å². The summed E-state index contributed by atoms with van der Waals surface area (Å²) in [6, 6.07) is 0. The number of nitrogens with zero attached hydrogens (tertiary/aromatic N) is 1. The van der Waals surface area contributed by atoms with E-state index in [4.69, 9.17) is 0 Å². The van der Waals surface area contributed by atoms with Crippen LogP contribution in [0.5, 0.6) is 0 Å². The first-order valence-electron chi connectivity index (χ1n) is 3.89. The van der Waals surface area contributed by atoms with Crippen LogP contribution >= 0.6 is 0 Å². The molecule has 1 aliphatic heterocycles. The van der Waals surface area contributed by atoms with Crippen LogP contribution in [0, 0.1) is 5.41 Å². The van der Waals surface area contributed by atoms with E-state index in [2.05, 4.69) is 25.8 Å². The summed E-state index contributed by atoms with van der Waals surface area (Å²) in [7, 11) is 2.05. The molecule has 0 radical (unpaired) electrons. The van der Waals surface area contributed by atoms with Gasteiger partial charge in [0.1, 0.15) is 0 Å². The lowest BCUT2D eigenvalue weighted by Gasteiger charge is -2.39. The highest BCUT2D eigenvalue weighted by molar-refractivity contribution is 4.84. The number of hydrogen-bond donors (Lipinski definition) is 1. The van der Waals surface area contributed by atoms with Crippen LogP contribution in [-0.4, -0.2) is 36.2 Å². The summed E-state index contributed by atoms with van der Waals surface area (Å²) in [5.41, 5.74) is 0.131. The van der Waals surface area contributed by atoms with Gasteiger partial charge in [-0.25, -0.2) is 0 Å². The van der Waals surface area contributed by atoms with Gasteiger partial charge < -0.3 is 10.0 Å². The van der Waals surface area contributed by atoms with Crippen LogP contribution in [0.3, 0.4) is 0 Å². The van der Waals surface area contributed by atoms with E-state index < -0.39 is 0 Å². The summed E-state index contributed by atoms with van der Waals surface area (Å²) < 4.78 is 0. The van der Waals surface area contributed by atoms with Crippen molar-refractivity contribution < 1.29 is 5.11 Å². The number of likely N-dealkylation sites (N-methyl/N-ethyl adjacent to an activating group) is 1. The summed E-state index contributed by atoms with van der Waals surface area (Å²) in [4.78, 5) is 2.18. The topological polar surface area (TPSA) is 23.5 Å². The molecule has 1 heterocycles. The third kappa shape index (κ3) is 1.50. The van der Waals surface area contributed by atoms with Gasteiger partial charge in [-0.15, -0.1) is 0 Å². The van der Waals surface area contributed by atoms with E-state index in [0.717, 1.165) is 19.5 Å². The molecule has 2 heteroatoms. The summed E-state index contributed by atoms with van der Waals surface area (Å²) >= 11 is 0. The second-order valence-electron chi connectivity index (χ2n) is 4.02. The molecule has 0 aliphatic carbocycles. The Morgan fingerprint density at radius 1 is 1.50 bits per heavy atom. The average molecular weight is 143 g/mol. The molecule has 0 aromatic heterocycles. The molecule has 60 valence electrons. The van der Waals surface area contributed by atoms with Crippen LogP contribution in [0.4, 0.5) is 0 Å². The van der Waals surface area contributed by atoms with Gasteiger partial charge in [0.2, 0.25) is 0 Å². The molecule has 0 saturated carbocycles. The van der Waals surface area contributed by atoms with Crippen LogP contribution in [0.2, 0.25) is 0 Å². The second kappa shape index (κ2) is 2.51. The monoisotopic (exact) mass is 143 g/mol. The Morgan fingerprint density at radius 2 is 2.10 bits per heavy atom. The minimum Gasteiger partial charge on any atom is -0.391 e. The summed E-state index contributed by atoms with van der Waals surface area (Å²) in [5, 5.41) is 9.57. The van der Waals surface area contributed by atoms with Crippen LogP contribution < -0.4 is 0 Å². The summed E-state index contributed by atoms with van der Waals surface area (Å²) in [5.74, 6) is 0. The van der Waals surface area contributed by atoms with E-state index in [-0.39, 0.29) is 11.5 Å². The highest BCUT2D eigenvalue weighted by Crippen LogP contribution is 2.29. The Kier molecular flexibility index (Phi) is 2.02. The number of aliphatic hydroxyl groups is 1. The Bertz CT molecular complexity index is 122. The molecule has 0 aromatic rings. The van der Waals surface area contributed by atoms with Crippen LogP contribution in [-0.2, 0) is 0 Å². The molecule has 1 atom stereocenters. The van der Waals surface area contributed by atoms with E-state index in [1.807, 2.05) is 0 Å². The zero-order chi connectivity index (χ0) is 7.78. The van der Waals surface area contributed by atoms with Gasteiger partial charge in [-0.1, -0.05) is 13.8 Å². The van der Waals surface area contributed by atoms with Gasteiger partial charge in [0.15, 0.2) is 0 Å². The molecule has 0 bridgehead atoms. The Morgan fingerprint density at radius 3 is 2.50 bits per heavy atom. The molecule has 10 heavy (non-hydrogen) atoms. The van der Waals surface area contributed by atoms with E-state index in [1.54, 1.807) is 0 Å². The smallest absolute Gasteiger partial charge is 0.0718 e. The molecular weight excluding hydrogens is 126 g/mol. The minimum atomic E-state index is -0.147. The third-order valence-electron chi connectivity index (χ3n) is 2.52. The lowest BCUT2D eigenvalue weighted by molar-refractivity contribution is -0.0169. The largest absolute Gasteiger partial charge is 0.391 e. The lowest BCUT2D eigenvalue weighted by atomic mass is 9.80. The first kappa shape index (κ1) is 8.02. The van der Waals surface area contributed by atoms with Gasteiger partial charge in [0, 0.05) is 6.54 Å². The fraction of sp³-hybridized carbons (Fsp3) is 1.00. The standard InChI is InChI=1S/C8H17NO/c1-8(2)4-5-9(3)6-7(8)10/h7,10H,4-6H2,1-3H3. The molecule has 0 amide bonds. The summed E-state index contributed by atoms with van der Waals surface area (Å²) in [6.07, 6.45) is 0.955. The molecule has 1 unspecified atom stereocenters. The molecule has 1 saturated heterocycles. The number of piperidine rings is 1. The fourth-order valence-electron chi connectivity index (χ4n) is 1.28. The van der Waals surface area contributed by atoms with Crippen molar-refractivity contribution in [2.24, 2.45) is 5.41 Å². The van der Waals surface area contributed by atoms with Gasteiger partial charge in [-0.3, -0.25) is 0 Å². The zero-order valence-corrected chi connectivity index (χ0v) is 7.09. The SMILES string of the molecule is CN1CCC(C)(C)C(O)C1. The van der Waals surface area contributed by atoms with Crippen molar-refractivity contribution in [3.8, 4) is 0 Å². The Hall–Kier alpha value is -0.0800. The van der Waals surface area contributed by atoms with Crippen LogP contribution in [0.15, 0.2) is 0 Å². The predicted octanol–water partition coefficient (Wildman–Crippen LogP) is 0.709. The van der Waals surface area contributed by atoms with Gasteiger partial charge in [0.05, 0.1) is 6.10 Å². The van der Waals surface area contributed by atoms with E-state index >= 15 is 0 Å². The molecule has 1 aliphatic rings. The van der Waals surface area contributed by atoms with E-state index in [1.165, 1.54) is 0 Å². The molecule has 0 spiro atoms. The third-order valence-corrected chi connectivity index (χ3v) is 2.52. The number of hydrogen-bond acceptors (Lipinski definition) is 2. The maximum absolute atomic E-state index is 9.57. The minimum absolute atomic E-state index is 0.131. The average Bonchev–Trinajstić information content (AvgIpc) is 1.81. The molecule has 1 N–H and O–H groups in total. The second-order valence-corrected chi connectivity index (χ2v) is 4.02. The predicted molar refractivity (Wildman–Crippen MR) is 41.9 cm³/mol. The normalized spacial score (nSPS) is 34.2. The lowest BCUT2D eigenvalue weighted by Crippen LogP contribution is -2.46. The van der Waals surface area contributed by atoms with Crippen LogP contribution in [0.25, 0.3) is 0 Å². The molecular formula is C8H17NO. The van der Waals surface area contributed by atoms with Crippen molar-refractivity contribution in [1.82, 2.24) is 4.90 Å². The van der Waals surface area contributed by atoms with Crippen LogP contribution in [0.1, 0.15) is 20.3 Å². The molecule has 2 nitrogen and oxygen atoms in total. The molecule has 1 fully saturated rings. The maximum Gasteiger partial charge on any atom is 0.0718 e. The van der Waals surface area contributed by atoms with Gasteiger partial charge >= 0.3 is 0 Å². The van der Waals surface area contributed by atoms with Crippen molar-refractivity contribution in [2.45, 2.75) is 26.4 Å². The van der Waals surface area contributed by atoms with Gasteiger partial charge in [-0.2, -0.15) is 0 Å². The van der Waals surface area contributed by atoms with E-state index in [0.29, 0.717) is 0 Å². The quantitative estimate of drug-likeness (QED) is 0.540. The van der Waals surface area contributed by atoms with Gasteiger partial charge in [-0.05, 0) is 25.4 Å². The van der Waals surface area contributed by atoms with Crippen molar-refractivity contribution in [3.63, 3.8) is 0 Å². The van der Waals surface area contributed by atoms with Crippen molar-refractivity contribution in [1.29, 1.82) is 0 Å². The number of aliphatic hydroxyl groups excluding tert-OH is 1. The maximum atomic E-state index is 9.57. The highest BCUT2D eigenvalue weighted by Gasteiger charge is 2.32. The number of rotatable bonds is 0.